The molecule has 0 saturated carbocycles. The Morgan fingerprint density at radius 1 is 0.889 bits per heavy atom. The summed E-state index contributed by atoms with van der Waals surface area (Å²) in [6.07, 6.45) is 0. The molecule has 3 aromatic carbocycles. The molecular formula is C22H22ClNO3. The quantitative estimate of drug-likeness (QED) is 0.606. The maximum Gasteiger partial charge on any atom is 0.184 e. The normalized spacial score (nSPS) is 11.2. The number of halogens is 1. The summed E-state index contributed by atoms with van der Waals surface area (Å²) in [5.41, 5.74) is 8.54. The molecule has 3 rings (SSSR count). The van der Waals surface area contributed by atoms with Crippen molar-refractivity contribution in [3.63, 3.8) is 0 Å². The largest absolute Gasteiger partial charge is 0.497 e. The van der Waals surface area contributed by atoms with Crippen molar-refractivity contribution < 1.29 is 14.3 Å². The van der Waals surface area contributed by atoms with Crippen molar-refractivity contribution in [1.29, 1.82) is 0 Å². The first-order valence-electron chi connectivity index (χ1n) is 8.38. The van der Waals surface area contributed by atoms with E-state index in [9.17, 15) is 4.79 Å². The number of hydrogen-bond donors (Lipinski definition) is 1. The van der Waals surface area contributed by atoms with E-state index < -0.39 is 6.04 Å². The fourth-order valence-electron chi connectivity index (χ4n) is 2.60. The Balaban J connectivity index is 0.00000261. The smallest absolute Gasteiger partial charge is 0.184 e. The number of ketones is 1. The van der Waals surface area contributed by atoms with Gasteiger partial charge in [-0.1, -0.05) is 42.5 Å². The monoisotopic (exact) mass is 383 g/mol. The summed E-state index contributed by atoms with van der Waals surface area (Å²) in [7, 11) is 1.59. The molecule has 0 spiro atoms. The number of carbonyl (C=O) groups excluding carboxylic acids is 1. The molecular weight excluding hydrogens is 362 g/mol. The molecule has 0 aliphatic carbocycles. The maximum absolute atomic E-state index is 12.5. The van der Waals surface area contributed by atoms with Crippen molar-refractivity contribution in [1.82, 2.24) is 0 Å². The van der Waals surface area contributed by atoms with Crippen molar-refractivity contribution in [2.45, 2.75) is 12.6 Å². The molecule has 0 bridgehead atoms. The van der Waals surface area contributed by atoms with Gasteiger partial charge >= 0.3 is 0 Å². The fraction of sp³-hybridized carbons (Fsp3) is 0.136. The zero-order valence-corrected chi connectivity index (χ0v) is 15.8. The second kappa shape index (κ2) is 9.76. The third-order valence-electron chi connectivity index (χ3n) is 4.14. The van der Waals surface area contributed by atoms with E-state index in [1.165, 1.54) is 0 Å². The molecule has 0 saturated heterocycles. The first-order chi connectivity index (χ1) is 12.7. The van der Waals surface area contributed by atoms with Gasteiger partial charge in [0.1, 0.15) is 18.1 Å². The van der Waals surface area contributed by atoms with Crippen molar-refractivity contribution >= 4 is 18.2 Å². The molecule has 140 valence electrons. The van der Waals surface area contributed by atoms with Crippen LogP contribution < -0.4 is 15.2 Å². The first kappa shape index (κ1) is 20.5. The van der Waals surface area contributed by atoms with E-state index in [1.807, 2.05) is 54.6 Å². The van der Waals surface area contributed by atoms with Gasteiger partial charge < -0.3 is 15.2 Å². The van der Waals surface area contributed by atoms with E-state index >= 15 is 0 Å². The van der Waals surface area contributed by atoms with E-state index in [1.54, 1.807) is 31.4 Å². The highest BCUT2D eigenvalue weighted by Gasteiger charge is 2.17. The molecule has 4 nitrogen and oxygen atoms in total. The highest BCUT2D eigenvalue weighted by molar-refractivity contribution is 6.00. The Kier molecular flexibility index (Phi) is 7.41. The first-order valence-corrected chi connectivity index (χ1v) is 8.38. The topological polar surface area (TPSA) is 61.5 Å². The van der Waals surface area contributed by atoms with Crippen molar-refractivity contribution in [3.8, 4) is 11.5 Å². The predicted octanol–water partition coefficient (Wildman–Crippen LogP) is 4.58. The lowest BCUT2D eigenvalue weighted by Gasteiger charge is -2.13. The lowest BCUT2D eigenvalue weighted by Crippen LogP contribution is -2.21. The molecule has 0 fully saturated rings. The molecule has 0 amide bonds. The number of nitrogens with two attached hydrogens (primary N) is 1. The average Bonchev–Trinajstić information content (AvgIpc) is 2.72. The van der Waals surface area contributed by atoms with Gasteiger partial charge in [-0.05, 0) is 47.5 Å². The van der Waals surface area contributed by atoms with Crippen LogP contribution in [-0.2, 0) is 6.61 Å². The van der Waals surface area contributed by atoms with Crippen LogP contribution >= 0.6 is 12.4 Å². The summed E-state index contributed by atoms with van der Waals surface area (Å²) in [5.74, 6) is 1.31. The van der Waals surface area contributed by atoms with Crippen LogP contribution in [0.4, 0.5) is 0 Å². The minimum Gasteiger partial charge on any atom is -0.497 e. The van der Waals surface area contributed by atoms with Crippen molar-refractivity contribution in [2.24, 2.45) is 5.73 Å². The van der Waals surface area contributed by atoms with Gasteiger partial charge in [-0.2, -0.15) is 0 Å². The summed E-state index contributed by atoms with van der Waals surface area (Å²) >= 11 is 0. The molecule has 1 unspecified atom stereocenters. The van der Waals surface area contributed by atoms with Gasteiger partial charge in [-0.3, -0.25) is 4.79 Å². The van der Waals surface area contributed by atoms with Crippen molar-refractivity contribution in [2.75, 3.05) is 7.11 Å². The van der Waals surface area contributed by atoms with Crippen LogP contribution in [0, 0.1) is 0 Å². The number of Topliss-reactive ketones (excluding diaryl/α,β-unsaturated/α-hetero) is 1. The van der Waals surface area contributed by atoms with Crippen LogP contribution in [0.1, 0.15) is 27.5 Å². The second-order valence-corrected chi connectivity index (χ2v) is 5.91. The highest BCUT2D eigenvalue weighted by atomic mass is 35.5. The van der Waals surface area contributed by atoms with Gasteiger partial charge in [0, 0.05) is 5.56 Å². The fourth-order valence-corrected chi connectivity index (χ4v) is 2.60. The minimum atomic E-state index is -0.716. The number of ether oxygens (including phenoxy) is 2. The Hall–Kier alpha value is -2.82. The third-order valence-corrected chi connectivity index (χ3v) is 4.14. The Morgan fingerprint density at radius 2 is 1.48 bits per heavy atom. The molecule has 3 aromatic rings. The SMILES string of the molecule is COc1ccc(C(=O)C(N)c2ccc(OCc3ccccc3)cc2)cc1.Cl. The molecule has 27 heavy (non-hydrogen) atoms. The van der Waals surface area contributed by atoms with Gasteiger partial charge in [0.25, 0.3) is 0 Å². The van der Waals surface area contributed by atoms with E-state index in [4.69, 9.17) is 15.2 Å². The number of hydrogen-bond acceptors (Lipinski definition) is 4. The molecule has 0 radical (unpaired) electrons. The zero-order chi connectivity index (χ0) is 18.4. The molecule has 1 atom stereocenters. The summed E-state index contributed by atoms with van der Waals surface area (Å²) < 4.78 is 10.9. The number of rotatable bonds is 7. The van der Waals surface area contributed by atoms with Crippen LogP contribution in [0.3, 0.4) is 0 Å². The summed E-state index contributed by atoms with van der Waals surface area (Å²) in [5, 5.41) is 0. The van der Waals surface area contributed by atoms with Crippen LogP contribution in [0.15, 0.2) is 78.9 Å². The summed E-state index contributed by atoms with van der Waals surface area (Å²) in [6, 6.07) is 23.5. The van der Waals surface area contributed by atoms with Crippen molar-refractivity contribution in [3.05, 3.63) is 95.6 Å². The molecule has 0 heterocycles. The molecule has 0 aromatic heterocycles. The Morgan fingerprint density at radius 3 is 2.07 bits per heavy atom. The molecule has 0 aliphatic rings. The number of benzene rings is 3. The van der Waals surface area contributed by atoms with Crippen LogP contribution in [0.25, 0.3) is 0 Å². The zero-order valence-electron chi connectivity index (χ0n) is 15.0. The van der Waals surface area contributed by atoms with E-state index in [2.05, 4.69) is 0 Å². The number of carbonyl (C=O) groups is 1. The highest BCUT2D eigenvalue weighted by Crippen LogP contribution is 2.21. The summed E-state index contributed by atoms with van der Waals surface area (Å²) in [4.78, 5) is 12.5. The van der Waals surface area contributed by atoms with Crippen LogP contribution in [0.2, 0.25) is 0 Å². The standard InChI is InChI=1S/C22H21NO3.ClH/c1-25-19-11-9-18(10-12-19)22(24)21(23)17-7-13-20(14-8-17)26-15-16-5-3-2-4-6-16;/h2-14,21H,15,23H2,1H3;1H. The van der Waals surface area contributed by atoms with Gasteiger partial charge in [0.05, 0.1) is 13.2 Å². The molecule has 0 aliphatic heterocycles. The third kappa shape index (κ3) is 5.33. The van der Waals surface area contributed by atoms with Gasteiger partial charge in [0.2, 0.25) is 0 Å². The van der Waals surface area contributed by atoms with E-state index in [0.29, 0.717) is 17.9 Å². The summed E-state index contributed by atoms with van der Waals surface area (Å²) in [6.45, 7) is 0.497. The van der Waals surface area contributed by atoms with E-state index in [0.717, 1.165) is 16.9 Å². The Bertz CT molecular complexity index is 849. The van der Waals surface area contributed by atoms with E-state index in [-0.39, 0.29) is 18.2 Å². The lowest BCUT2D eigenvalue weighted by molar-refractivity contribution is 0.0961. The molecule has 2 N–H and O–H groups in total. The van der Waals surface area contributed by atoms with Gasteiger partial charge in [-0.15, -0.1) is 12.4 Å². The van der Waals surface area contributed by atoms with Crippen LogP contribution in [0.5, 0.6) is 11.5 Å². The van der Waals surface area contributed by atoms with Gasteiger partial charge in [-0.25, -0.2) is 0 Å². The minimum absolute atomic E-state index is 0. The number of methoxy groups -OCH3 is 1. The maximum atomic E-state index is 12.5. The van der Waals surface area contributed by atoms with Gasteiger partial charge in [0.15, 0.2) is 5.78 Å². The Labute approximate surface area is 165 Å². The molecule has 5 heteroatoms. The average molecular weight is 384 g/mol. The predicted molar refractivity (Wildman–Crippen MR) is 109 cm³/mol. The lowest BCUT2D eigenvalue weighted by atomic mass is 9.98. The van der Waals surface area contributed by atoms with Crippen LogP contribution in [-0.4, -0.2) is 12.9 Å². The second-order valence-electron chi connectivity index (χ2n) is 5.91.